The van der Waals surface area contributed by atoms with E-state index in [0.29, 0.717) is 12.2 Å². The summed E-state index contributed by atoms with van der Waals surface area (Å²) in [6, 6.07) is 29.8. The molecule has 0 aliphatic carbocycles. The number of thioether (sulfide) groups is 1. The lowest BCUT2D eigenvalue weighted by Crippen LogP contribution is -2.53. The standard InChI is InChI=1S/C36H40BrN3O4S2/c1-26(2)23-38-36(42)34(22-28-9-6-5-7-10-28)39(24-29-11-8-12-30(37)21-29)35(41)25-40(31-15-13-27(3)14-16-31)46(43,44)33-19-17-32(45-4)18-20-33/h5-21,26,34H,22-25H2,1-4H3,(H,38,42). The lowest BCUT2D eigenvalue weighted by molar-refractivity contribution is -0.140. The number of nitrogens with zero attached hydrogens (tertiary/aromatic N) is 2. The van der Waals surface area contributed by atoms with Crippen LogP contribution in [0.15, 0.2) is 117 Å². The number of anilines is 1. The predicted octanol–water partition coefficient (Wildman–Crippen LogP) is 7.09. The molecule has 4 rings (SSSR count). The average Bonchev–Trinajstić information content (AvgIpc) is 3.05. The molecule has 242 valence electrons. The van der Waals surface area contributed by atoms with Crippen molar-refractivity contribution in [3.8, 4) is 0 Å². The molecule has 2 amide bonds. The minimum Gasteiger partial charge on any atom is -0.354 e. The molecule has 1 unspecified atom stereocenters. The molecule has 0 radical (unpaired) electrons. The highest BCUT2D eigenvalue weighted by Gasteiger charge is 2.34. The second-order valence-electron chi connectivity index (χ2n) is 11.5. The summed E-state index contributed by atoms with van der Waals surface area (Å²) in [7, 11) is -4.16. The third-order valence-corrected chi connectivity index (χ3v) is 10.5. The number of benzene rings is 4. The van der Waals surface area contributed by atoms with Gasteiger partial charge in [-0.3, -0.25) is 13.9 Å². The first kappa shape index (κ1) is 35.3. The SMILES string of the molecule is CSc1ccc(S(=O)(=O)N(CC(=O)N(Cc2cccc(Br)c2)C(Cc2ccccc2)C(=O)NCC(C)C)c2ccc(C)cc2)cc1. The Morgan fingerprint density at radius 2 is 1.52 bits per heavy atom. The molecule has 0 heterocycles. The second-order valence-corrected chi connectivity index (χ2v) is 15.2. The average molecular weight is 723 g/mol. The van der Waals surface area contributed by atoms with Gasteiger partial charge in [-0.25, -0.2) is 8.42 Å². The summed E-state index contributed by atoms with van der Waals surface area (Å²) < 4.78 is 30.4. The van der Waals surface area contributed by atoms with Crippen LogP contribution in [-0.2, 0) is 32.6 Å². The van der Waals surface area contributed by atoms with Gasteiger partial charge in [0.1, 0.15) is 12.6 Å². The number of carbonyl (C=O) groups is 2. The van der Waals surface area contributed by atoms with Crippen molar-refractivity contribution in [3.05, 3.63) is 124 Å². The lowest BCUT2D eigenvalue weighted by atomic mass is 10.0. The van der Waals surface area contributed by atoms with Gasteiger partial charge >= 0.3 is 0 Å². The van der Waals surface area contributed by atoms with Gasteiger partial charge in [0.15, 0.2) is 0 Å². The van der Waals surface area contributed by atoms with Crippen LogP contribution in [0.1, 0.15) is 30.5 Å². The molecule has 4 aromatic rings. The van der Waals surface area contributed by atoms with Crippen molar-refractivity contribution in [2.75, 3.05) is 23.7 Å². The normalized spacial score (nSPS) is 12.0. The number of halogens is 1. The van der Waals surface area contributed by atoms with E-state index in [9.17, 15) is 18.0 Å². The van der Waals surface area contributed by atoms with Gasteiger partial charge in [0.25, 0.3) is 10.0 Å². The van der Waals surface area contributed by atoms with E-state index in [1.54, 1.807) is 36.4 Å². The maximum Gasteiger partial charge on any atom is 0.264 e. The molecule has 0 spiro atoms. The van der Waals surface area contributed by atoms with E-state index in [4.69, 9.17) is 0 Å². The fraction of sp³-hybridized carbons (Fsp3) is 0.278. The van der Waals surface area contributed by atoms with E-state index in [0.717, 1.165) is 30.4 Å². The highest BCUT2D eigenvalue weighted by molar-refractivity contribution is 9.10. The Balaban J connectivity index is 1.79. The van der Waals surface area contributed by atoms with Crippen LogP contribution in [0, 0.1) is 12.8 Å². The van der Waals surface area contributed by atoms with Crippen LogP contribution in [0.25, 0.3) is 0 Å². The van der Waals surface area contributed by atoms with Gasteiger partial charge in [-0.15, -0.1) is 11.8 Å². The minimum atomic E-state index is -4.16. The first-order valence-corrected chi connectivity index (χ1v) is 18.5. The number of sulfonamides is 1. The summed E-state index contributed by atoms with van der Waals surface area (Å²) in [5, 5.41) is 3.02. The summed E-state index contributed by atoms with van der Waals surface area (Å²) in [6.07, 6.45) is 2.18. The van der Waals surface area contributed by atoms with Crippen molar-refractivity contribution in [1.82, 2.24) is 10.2 Å². The molecule has 0 fully saturated rings. The number of hydrogen-bond donors (Lipinski definition) is 1. The van der Waals surface area contributed by atoms with Crippen LogP contribution in [0.2, 0.25) is 0 Å². The molecule has 0 saturated carbocycles. The maximum atomic E-state index is 14.6. The Morgan fingerprint density at radius 3 is 2.13 bits per heavy atom. The molecule has 0 aliphatic heterocycles. The van der Waals surface area contributed by atoms with Crippen LogP contribution in [0.5, 0.6) is 0 Å². The Kier molecular flexibility index (Phi) is 12.5. The van der Waals surface area contributed by atoms with Gasteiger partial charge in [-0.1, -0.05) is 89.9 Å². The second kappa shape index (κ2) is 16.3. The molecule has 7 nitrogen and oxygen atoms in total. The van der Waals surface area contributed by atoms with Gasteiger partial charge in [-0.05, 0) is 78.8 Å². The zero-order valence-corrected chi connectivity index (χ0v) is 29.7. The molecule has 46 heavy (non-hydrogen) atoms. The summed E-state index contributed by atoms with van der Waals surface area (Å²) in [6.45, 7) is 5.99. The summed E-state index contributed by atoms with van der Waals surface area (Å²) in [5.41, 5.74) is 3.00. The monoisotopic (exact) mass is 721 g/mol. The minimum absolute atomic E-state index is 0.0766. The quantitative estimate of drug-likeness (QED) is 0.141. The van der Waals surface area contributed by atoms with Gasteiger partial charge in [-0.2, -0.15) is 0 Å². The Morgan fingerprint density at radius 1 is 0.870 bits per heavy atom. The van der Waals surface area contributed by atoms with Crippen molar-refractivity contribution < 1.29 is 18.0 Å². The fourth-order valence-corrected chi connectivity index (χ4v) is 7.19. The third kappa shape index (κ3) is 9.47. The molecular formula is C36H40BrN3O4S2. The molecule has 4 aromatic carbocycles. The van der Waals surface area contributed by atoms with E-state index in [2.05, 4.69) is 21.2 Å². The molecule has 0 aliphatic rings. The Bertz CT molecular complexity index is 1710. The molecule has 0 aromatic heterocycles. The van der Waals surface area contributed by atoms with Crippen LogP contribution in [-0.4, -0.2) is 50.5 Å². The number of hydrogen-bond acceptors (Lipinski definition) is 5. The van der Waals surface area contributed by atoms with Crippen molar-refractivity contribution in [2.45, 2.75) is 49.6 Å². The molecule has 0 bridgehead atoms. The first-order chi connectivity index (χ1) is 22.0. The van der Waals surface area contributed by atoms with E-state index in [1.165, 1.54) is 16.7 Å². The Hall–Kier alpha value is -3.60. The predicted molar refractivity (Wildman–Crippen MR) is 190 cm³/mol. The highest BCUT2D eigenvalue weighted by Crippen LogP contribution is 2.27. The molecule has 1 N–H and O–H groups in total. The highest BCUT2D eigenvalue weighted by atomic mass is 79.9. The molecule has 10 heteroatoms. The van der Waals surface area contributed by atoms with E-state index >= 15 is 0 Å². The van der Waals surface area contributed by atoms with Crippen molar-refractivity contribution in [1.29, 1.82) is 0 Å². The van der Waals surface area contributed by atoms with Crippen molar-refractivity contribution in [2.24, 2.45) is 5.92 Å². The lowest BCUT2D eigenvalue weighted by Gasteiger charge is -2.34. The summed E-state index contributed by atoms with van der Waals surface area (Å²) in [4.78, 5) is 31.0. The number of carbonyl (C=O) groups excluding carboxylic acids is 2. The molecular weight excluding hydrogens is 682 g/mol. The number of amides is 2. The van der Waals surface area contributed by atoms with Crippen LogP contribution in [0.3, 0.4) is 0 Å². The van der Waals surface area contributed by atoms with E-state index in [-0.39, 0.29) is 29.7 Å². The third-order valence-electron chi connectivity index (χ3n) is 7.45. The zero-order chi connectivity index (χ0) is 33.3. The van der Waals surface area contributed by atoms with Crippen LogP contribution >= 0.6 is 27.7 Å². The van der Waals surface area contributed by atoms with Crippen molar-refractivity contribution >= 4 is 55.2 Å². The van der Waals surface area contributed by atoms with Gasteiger partial charge in [0, 0.05) is 28.9 Å². The number of nitrogens with one attached hydrogen (secondary N) is 1. The number of aryl methyl sites for hydroxylation is 1. The van der Waals surface area contributed by atoms with Crippen LogP contribution < -0.4 is 9.62 Å². The largest absolute Gasteiger partial charge is 0.354 e. The topological polar surface area (TPSA) is 86.8 Å². The summed E-state index contributed by atoms with van der Waals surface area (Å²) in [5.74, 6) is -0.584. The zero-order valence-electron chi connectivity index (χ0n) is 26.5. The first-order valence-electron chi connectivity index (χ1n) is 15.1. The van der Waals surface area contributed by atoms with Gasteiger partial charge in [0.05, 0.1) is 10.6 Å². The fourth-order valence-electron chi connectivity index (χ4n) is 4.92. The smallest absolute Gasteiger partial charge is 0.264 e. The Labute approximate surface area is 285 Å². The molecule has 0 saturated heterocycles. The maximum absolute atomic E-state index is 14.6. The van der Waals surface area contributed by atoms with E-state index < -0.39 is 28.5 Å². The van der Waals surface area contributed by atoms with E-state index in [1.807, 2.05) is 93.8 Å². The van der Waals surface area contributed by atoms with Gasteiger partial charge < -0.3 is 10.2 Å². The molecule has 1 atom stereocenters. The number of rotatable bonds is 14. The van der Waals surface area contributed by atoms with Crippen molar-refractivity contribution in [3.63, 3.8) is 0 Å². The van der Waals surface area contributed by atoms with Crippen LogP contribution in [0.4, 0.5) is 5.69 Å². The van der Waals surface area contributed by atoms with Gasteiger partial charge in [0.2, 0.25) is 11.8 Å². The summed E-state index contributed by atoms with van der Waals surface area (Å²) >= 11 is 5.03.